The highest BCUT2D eigenvalue weighted by Crippen LogP contribution is 2.34. The second-order valence-corrected chi connectivity index (χ2v) is 6.44. The molecule has 0 aromatic heterocycles. The Bertz CT molecular complexity index is 507. The zero-order chi connectivity index (χ0) is 14.7. The molecule has 0 heterocycles. The molecular weight excluding hydrogens is 303 g/mol. The number of nitro groups is 1. The summed E-state index contributed by atoms with van der Waals surface area (Å²) >= 11 is 7.45. The van der Waals surface area contributed by atoms with E-state index in [9.17, 15) is 14.5 Å². The van der Waals surface area contributed by atoms with Crippen molar-refractivity contribution in [3.8, 4) is 0 Å². The molecule has 0 bridgehead atoms. The minimum atomic E-state index is -0.641. The Morgan fingerprint density at radius 2 is 2.05 bits per heavy atom. The van der Waals surface area contributed by atoms with Gasteiger partial charge in [0.15, 0.2) is 0 Å². The fourth-order valence-corrected chi connectivity index (χ4v) is 3.37. The van der Waals surface area contributed by atoms with Crippen molar-refractivity contribution in [1.82, 2.24) is 0 Å². The number of rotatable bonds is 4. The summed E-state index contributed by atoms with van der Waals surface area (Å²) in [5.74, 6) is -0.641. The van der Waals surface area contributed by atoms with E-state index < -0.39 is 10.7 Å². The van der Waals surface area contributed by atoms with Gasteiger partial charge in [0.2, 0.25) is 0 Å². The maximum absolute atomic E-state index is 13.5. The van der Waals surface area contributed by atoms with Crippen LogP contribution in [-0.2, 0) is 0 Å². The van der Waals surface area contributed by atoms with Gasteiger partial charge in [0.05, 0.1) is 9.95 Å². The van der Waals surface area contributed by atoms with Crippen LogP contribution in [0, 0.1) is 15.9 Å². The lowest BCUT2D eigenvalue weighted by Crippen LogP contribution is -2.27. The molecule has 1 fully saturated rings. The molecule has 1 aromatic rings. The van der Waals surface area contributed by atoms with Gasteiger partial charge in [-0.25, -0.2) is 4.39 Å². The van der Waals surface area contributed by atoms with E-state index in [-0.39, 0.29) is 22.4 Å². The van der Waals surface area contributed by atoms with Gasteiger partial charge in [-0.3, -0.25) is 10.1 Å². The summed E-state index contributed by atoms with van der Waals surface area (Å²) < 4.78 is 13.5. The first-order chi connectivity index (χ1) is 9.51. The Labute approximate surface area is 126 Å². The maximum Gasteiger partial charge on any atom is 0.294 e. The van der Waals surface area contributed by atoms with Gasteiger partial charge in [0.25, 0.3) is 5.69 Å². The molecule has 1 saturated carbocycles. The van der Waals surface area contributed by atoms with Crippen molar-refractivity contribution >= 4 is 34.7 Å². The molecule has 0 radical (unpaired) electrons. The Kier molecular flexibility index (Phi) is 5.10. The Morgan fingerprint density at radius 3 is 2.60 bits per heavy atom. The number of hydrogen-bond donors (Lipinski definition) is 1. The molecule has 2 rings (SSSR count). The highest BCUT2D eigenvalue weighted by atomic mass is 35.5. The molecule has 0 spiro atoms. The summed E-state index contributed by atoms with van der Waals surface area (Å²) in [7, 11) is 0. The summed E-state index contributed by atoms with van der Waals surface area (Å²) in [6.45, 7) is 0. The fourth-order valence-electron chi connectivity index (χ4n) is 2.47. The third-order valence-electron chi connectivity index (χ3n) is 3.60. The van der Waals surface area contributed by atoms with Gasteiger partial charge in [-0.1, -0.05) is 11.6 Å². The molecule has 0 aliphatic heterocycles. The average Bonchev–Trinajstić information content (AvgIpc) is 2.43. The van der Waals surface area contributed by atoms with Crippen LogP contribution in [0.1, 0.15) is 25.7 Å². The summed E-state index contributed by atoms with van der Waals surface area (Å²) in [6, 6.07) is 2.33. The van der Waals surface area contributed by atoms with Crippen LogP contribution in [0.2, 0.25) is 5.02 Å². The number of anilines is 1. The van der Waals surface area contributed by atoms with Gasteiger partial charge in [-0.05, 0) is 31.9 Å². The second-order valence-electron chi connectivity index (χ2n) is 4.89. The maximum atomic E-state index is 13.5. The predicted molar refractivity (Wildman–Crippen MR) is 81.2 cm³/mol. The number of hydrogen-bond acceptors (Lipinski definition) is 4. The molecule has 20 heavy (non-hydrogen) atoms. The van der Waals surface area contributed by atoms with E-state index in [4.69, 9.17) is 11.6 Å². The molecular formula is C13H16ClFN2O2S. The lowest BCUT2D eigenvalue weighted by molar-refractivity contribution is -0.384. The summed E-state index contributed by atoms with van der Waals surface area (Å²) in [6.07, 6.45) is 6.11. The van der Waals surface area contributed by atoms with E-state index in [1.54, 1.807) is 0 Å². The standard InChI is InChI=1S/C13H16ClFN2O2S/c1-20-9-4-2-8(3-5-9)16-12-7-11(15)10(14)6-13(12)17(18)19/h6-9,16H,2-5H2,1H3. The van der Waals surface area contributed by atoms with Crippen molar-refractivity contribution in [1.29, 1.82) is 0 Å². The van der Waals surface area contributed by atoms with Gasteiger partial charge in [0.1, 0.15) is 11.5 Å². The molecule has 4 nitrogen and oxygen atoms in total. The molecule has 7 heteroatoms. The first-order valence-electron chi connectivity index (χ1n) is 6.44. The zero-order valence-electron chi connectivity index (χ0n) is 11.1. The van der Waals surface area contributed by atoms with E-state index in [1.807, 2.05) is 11.8 Å². The first kappa shape index (κ1) is 15.4. The molecule has 110 valence electrons. The highest BCUT2D eigenvalue weighted by Gasteiger charge is 2.24. The number of nitrogens with zero attached hydrogens (tertiary/aromatic N) is 1. The van der Waals surface area contributed by atoms with Gasteiger partial charge in [-0.15, -0.1) is 0 Å². The van der Waals surface area contributed by atoms with Crippen LogP contribution in [0.5, 0.6) is 0 Å². The predicted octanol–water partition coefficient (Wildman–Crippen LogP) is 4.47. The van der Waals surface area contributed by atoms with Crippen molar-refractivity contribution in [3.63, 3.8) is 0 Å². The highest BCUT2D eigenvalue weighted by molar-refractivity contribution is 7.99. The van der Waals surface area contributed by atoms with Gasteiger partial charge in [0, 0.05) is 23.4 Å². The molecule has 0 amide bonds. The number of benzene rings is 1. The minimum Gasteiger partial charge on any atom is -0.377 e. The first-order valence-corrected chi connectivity index (χ1v) is 8.10. The largest absolute Gasteiger partial charge is 0.377 e. The number of thioether (sulfide) groups is 1. The quantitative estimate of drug-likeness (QED) is 0.657. The molecule has 0 atom stereocenters. The monoisotopic (exact) mass is 318 g/mol. The Hall–Kier alpha value is -1.01. The Balaban J connectivity index is 2.13. The SMILES string of the molecule is CSC1CCC(Nc2cc(F)c(Cl)cc2[N+](=O)[O-])CC1. The van der Waals surface area contributed by atoms with Crippen molar-refractivity contribution in [3.05, 3.63) is 33.1 Å². The Morgan fingerprint density at radius 1 is 1.40 bits per heavy atom. The summed E-state index contributed by atoms with van der Waals surface area (Å²) in [5.41, 5.74) is 0.0351. The lowest BCUT2D eigenvalue weighted by Gasteiger charge is -2.28. The number of halogens is 2. The third kappa shape index (κ3) is 3.55. The van der Waals surface area contributed by atoms with Crippen LogP contribution in [0.25, 0.3) is 0 Å². The molecule has 1 aromatic carbocycles. The van der Waals surface area contributed by atoms with E-state index in [1.165, 1.54) is 0 Å². The van der Waals surface area contributed by atoms with Crippen LogP contribution >= 0.6 is 23.4 Å². The third-order valence-corrected chi connectivity index (χ3v) is 5.03. The average molecular weight is 319 g/mol. The van der Waals surface area contributed by atoms with E-state index in [0.717, 1.165) is 37.8 Å². The van der Waals surface area contributed by atoms with Crippen molar-refractivity contribution < 1.29 is 9.31 Å². The molecule has 1 aliphatic carbocycles. The lowest BCUT2D eigenvalue weighted by atomic mass is 9.94. The molecule has 0 unspecified atom stereocenters. The minimum absolute atomic E-state index is 0.151. The molecule has 1 N–H and O–H groups in total. The van der Waals surface area contributed by atoms with Crippen molar-refractivity contribution in [2.24, 2.45) is 0 Å². The van der Waals surface area contributed by atoms with E-state index in [2.05, 4.69) is 11.6 Å². The van der Waals surface area contributed by atoms with Crippen LogP contribution in [0.3, 0.4) is 0 Å². The van der Waals surface area contributed by atoms with Gasteiger partial charge >= 0.3 is 0 Å². The normalized spacial score (nSPS) is 22.6. The van der Waals surface area contributed by atoms with Crippen LogP contribution in [-0.4, -0.2) is 22.5 Å². The fraction of sp³-hybridized carbons (Fsp3) is 0.538. The zero-order valence-corrected chi connectivity index (χ0v) is 12.6. The number of nitrogens with one attached hydrogen (secondary N) is 1. The van der Waals surface area contributed by atoms with Crippen LogP contribution < -0.4 is 5.32 Å². The van der Waals surface area contributed by atoms with Crippen LogP contribution in [0.4, 0.5) is 15.8 Å². The van der Waals surface area contributed by atoms with Crippen LogP contribution in [0.15, 0.2) is 12.1 Å². The van der Waals surface area contributed by atoms with Gasteiger partial charge in [-0.2, -0.15) is 11.8 Å². The van der Waals surface area contributed by atoms with E-state index >= 15 is 0 Å². The summed E-state index contributed by atoms with van der Waals surface area (Å²) in [5, 5.41) is 14.5. The summed E-state index contributed by atoms with van der Waals surface area (Å²) in [4.78, 5) is 10.5. The number of nitro benzene ring substituents is 1. The second kappa shape index (κ2) is 6.63. The van der Waals surface area contributed by atoms with E-state index in [0.29, 0.717) is 5.25 Å². The molecule has 1 aliphatic rings. The van der Waals surface area contributed by atoms with Crippen molar-refractivity contribution in [2.75, 3.05) is 11.6 Å². The van der Waals surface area contributed by atoms with Crippen molar-refractivity contribution in [2.45, 2.75) is 37.0 Å². The van der Waals surface area contributed by atoms with Gasteiger partial charge < -0.3 is 5.32 Å². The molecule has 0 saturated heterocycles. The smallest absolute Gasteiger partial charge is 0.294 e. The topological polar surface area (TPSA) is 55.2 Å².